The molecule has 1 aromatic rings. The molecule has 2 aliphatic heterocycles. The quantitative estimate of drug-likeness (QED) is 0.554. The molecule has 0 radical (unpaired) electrons. The number of rotatable bonds is 3. The van der Waals surface area contributed by atoms with Crippen LogP contribution < -0.4 is 22.5 Å². The highest BCUT2D eigenvalue weighted by Gasteiger charge is 2.18. The van der Waals surface area contributed by atoms with E-state index in [1.165, 1.54) is 10.6 Å². The van der Waals surface area contributed by atoms with Crippen LogP contribution in [0, 0.1) is 0 Å². The van der Waals surface area contributed by atoms with Gasteiger partial charge in [-0.1, -0.05) is 13.3 Å². The zero-order chi connectivity index (χ0) is 15.9. The molecule has 0 aromatic carbocycles. The Bertz CT molecular complexity index is 1050. The number of aromatic amines is 3. The predicted octanol–water partition coefficient (Wildman–Crippen LogP) is -0.634. The van der Waals surface area contributed by atoms with Crippen molar-refractivity contribution in [2.45, 2.75) is 26.3 Å². The summed E-state index contributed by atoms with van der Waals surface area (Å²) < 4.78 is 1.53. The number of aromatic nitrogens is 5. The molecule has 3 N–H and O–H groups in total. The van der Waals surface area contributed by atoms with Crippen LogP contribution >= 0.6 is 0 Å². The maximum absolute atomic E-state index is 12.0. The van der Waals surface area contributed by atoms with E-state index in [-0.39, 0.29) is 22.4 Å². The molecule has 0 aliphatic carbocycles. The van der Waals surface area contributed by atoms with Crippen molar-refractivity contribution in [3.63, 3.8) is 0 Å². The maximum Gasteiger partial charge on any atom is 0.349 e. The summed E-state index contributed by atoms with van der Waals surface area (Å²) in [5.41, 5.74) is -2.28. The van der Waals surface area contributed by atoms with Gasteiger partial charge in [0.25, 0.3) is 11.1 Å². The Morgan fingerprint density at radius 3 is 2.59 bits per heavy atom. The van der Waals surface area contributed by atoms with E-state index in [0.717, 1.165) is 12.8 Å². The summed E-state index contributed by atoms with van der Waals surface area (Å²) >= 11 is 0. The van der Waals surface area contributed by atoms with Gasteiger partial charge in [-0.3, -0.25) is 24.5 Å². The topological polar surface area (TPSA) is 133 Å². The Morgan fingerprint density at radius 1 is 1.09 bits per heavy atom. The number of nitrogens with one attached hydrogen (secondary N) is 3. The molecule has 0 fully saturated rings. The Kier molecular flexibility index (Phi) is 3.24. The second-order valence-corrected chi connectivity index (χ2v) is 4.93. The van der Waals surface area contributed by atoms with Gasteiger partial charge in [-0.05, 0) is 12.5 Å². The summed E-state index contributed by atoms with van der Waals surface area (Å²) in [6.45, 7) is 2.39. The number of hydrogen-bond donors (Lipinski definition) is 3. The molecule has 1 aromatic heterocycles. The van der Waals surface area contributed by atoms with Crippen LogP contribution in [-0.2, 0) is 6.54 Å². The van der Waals surface area contributed by atoms with E-state index in [2.05, 4.69) is 19.9 Å². The van der Waals surface area contributed by atoms with Crippen LogP contribution in [-0.4, -0.2) is 24.5 Å². The summed E-state index contributed by atoms with van der Waals surface area (Å²) in [5, 5.41) is 0.161. The number of pyridine rings is 1. The fraction of sp³-hybridized carbons (Fsp3) is 0.308. The lowest BCUT2D eigenvalue weighted by Gasteiger charge is -2.15. The average molecular weight is 303 g/mol. The molecule has 0 bridgehead atoms. The zero-order valence-electron chi connectivity index (χ0n) is 11.7. The standard InChI is InChI=1S/C13H13N5O4/c1-2-3-4-18-8-6(10(19)16-12(21)14-8)5-7-9(18)15-13(22)17-11(7)20/h5H,2-4H2,1H3,(H,16,19,21)(H2,15,17,20,22). The van der Waals surface area contributed by atoms with Gasteiger partial charge in [0.1, 0.15) is 5.65 Å². The van der Waals surface area contributed by atoms with Crippen molar-refractivity contribution >= 4 is 11.0 Å². The highest BCUT2D eigenvalue weighted by atomic mass is 16.2. The molecule has 0 atom stereocenters. The van der Waals surface area contributed by atoms with Gasteiger partial charge in [-0.15, -0.1) is 0 Å². The Morgan fingerprint density at radius 2 is 1.86 bits per heavy atom. The Hall–Kier alpha value is -2.97. The van der Waals surface area contributed by atoms with E-state index in [1.54, 1.807) is 0 Å². The molecular weight excluding hydrogens is 290 g/mol. The lowest BCUT2D eigenvalue weighted by Crippen LogP contribution is -2.30. The van der Waals surface area contributed by atoms with Gasteiger partial charge in [0.15, 0.2) is 5.82 Å². The minimum absolute atomic E-state index is 0.126. The monoisotopic (exact) mass is 303 g/mol. The third-order valence-electron chi connectivity index (χ3n) is 3.42. The minimum atomic E-state index is -0.769. The normalized spacial score (nSPS) is 11.3. The first-order valence-electron chi connectivity index (χ1n) is 6.81. The van der Waals surface area contributed by atoms with Gasteiger partial charge in [0, 0.05) is 6.54 Å². The molecule has 9 nitrogen and oxygen atoms in total. The first-order valence-corrected chi connectivity index (χ1v) is 6.81. The van der Waals surface area contributed by atoms with Crippen molar-refractivity contribution in [2.75, 3.05) is 0 Å². The number of nitrogens with zero attached hydrogens (tertiary/aromatic N) is 2. The molecule has 3 rings (SSSR count). The van der Waals surface area contributed by atoms with Crippen molar-refractivity contribution in [1.29, 1.82) is 0 Å². The summed E-state index contributed by atoms with van der Waals surface area (Å²) in [5.74, 6) is 0.149. The lowest BCUT2D eigenvalue weighted by molar-refractivity contribution is 0.635. The number of unbranched alkanes of at least 4 members (excludes halogenated alkanes) is 1. The Labute approximate surface area is 122 Å². The van der Waals surface area contributed by atoms with E-state index in [1.807, 2.05) is 6.92 Å². The first kappa shape index (κ1) is 14.0. The molecule has 0 saturated heterocycles. The van der Waals surface area contributed by atoms with Crippen molar-refractivity contribution < 1.29 is 0 Å². The second kappa shape index (κ2) is 5.10. The molecule has 3 heterocycles. The highest BCUT2D eigenvalue weighted by Crippen LogP contribution is 2.20. The molecular formula is C13H13N5O4. The van der Waals surface area contributed by atoms with Gasteiger partial charge < -0.3 is 4.57 Å². The van der Waals surface area contributed by atoms with E-state index < -0.39 is 22.5 Å². The fourth-order valence-corrected chi connectivity index (χ4v) is 2.40. The molecule has 114 valence electrons. The summed E-state index contributed by atoms with van der Waals surface area (Å²) in [7, 11) is 0. The number of H-pyrrole nitrogens is 3. The molecule has 22 heavy (non-hydrogen) atoms. The minimum Gasteiger partial charge on any atom is -0.311 e. The molecule has 0 unspecified atom stereocenters. The number of fused-ring (bicyclic) bond motifs is 2. The van der Waals surface area contributed by atoms with Crippen LogP contribution in [0.2, 0.25) is 0 Å². The van der Waals surface area contributed by atoms with Crippen LogP contribution in [0.3, 0.4) is 0 Å². The van der Waals surface area contributed by atoms with E-state index in [9.17, 15) is 19.2 Å². The third kappa shape index (κ3) is 2.16. The van der Waals surface area contributed by atoms with Crippen molar-refractivity contribution in [1.82, 2.24) is 24.5 Å². The lowest BCUT2D eigenvalue weighted by atomic mass is 10.1. The summed E-state index contributed by atoms with van der Waals surface area (Å²) in [6.07, 6.45) is 1.59. The van der Waals surface area contributed by atoms with Gasteiger partial charge in [0.05, 0.1) is 10.9 Å². The predicted molar refractivity (Wildman–Crippen MR) is 79.4 cm³/mol. The van der Waals surface area contributed by atoms with Gasteiger partial charge in [-0.25, -0.2) is 9.59 Å². The fourth-order valence-electron chi connectivity index (χ4n) is 2.40. The van der Waals surface area contributed by atoms with Crippen molar-refractivity contribution in [3.05, 3.63) is 47.7 Å². The second-order valence-electron chi connectivity index (χ2n) is 4.93. The average Bonchev–Trinajstić information content (AvgIpc) is 2.44. The number of hydrogen-bond acceptors (Lipinski definition) is 5. The largest absolute Gasteiger partial charge is 0.349 e. The Balaban J connectivity index is 2.56. The van der Waals surface area contributed by atoms with Crippen LogP contribution in [0.1, 0.15) is 19.8 Å². The van der Waals surface area contributed by atoms with Gasteiger partial charge in [0.2, 0.25) is 0 Å². The number of aryl methyl sites for hydroxylation is 1. The van der Waals surface area contributed by atoms with Gasteiger partial charge in [-0.2, -0.15) is 4.98 Å². The van der Waals surface area contributed by atoms with Crippen LogP contribution in [0.5, 0.6) is 0 Å². The highest BCUT2D eigenvalue weighted by molar-refractivity contribution is 5.81. The zero-order valence-corrected chi connectivity index (χ0v) is 11.7. The van der Waals surface area contributed by atoms with Crippen molar-refractivity contribution in [2.24, 2.45) is 0 Å². The first-order chi connectivity index (χ1) is 10.5. The summed E-state index contributed by atoms with van der Waals surface area (Å²) in [4.78, 5) is 57.5. The SMILES string of the molecule is CCCCn1c2nc(=O)[nH]c(=O)c-2cc2c(=O)[nH]c(=O)[nH]c21. The van der Waals surface area contributed by atoms with E-state index in [0.29, 0.717) is 6.54 Å². The summed E-state index contributed by atoms with van der Waals surface area (Å²) in [6, 6.07) is 1.33. The molecule has 0 amide bonds. The molecule has 0 saturated carbocycles. The molecule has 0 spiro atoms. The van der Waals surface area contributed by atoms with Crippen LogP contribution in [0.4, 0.5) is 0 Å². The van der Waals surface area contributed by atoms with Crippen LogP contribution in [0.15, 0.2) is 25.2 Å². The van der Waals surface area contributed by atoms with Crippen LogP contribution in [0.25, 0.3) is 22.4 Å². The molecule has 9 heteroatoms. The molecule has 2 aliphatic rings. The van der Waals surface area contributed by atoms with E-state index >= 15 is 0 Å². The van der Waals surface area contributed by atoms with E-state index in [4.69, 9.17) is 0 Å². The van der Waals surface area contributed by atoms with Crippen molar-refractivity contribution in [3.8, 4) is 11.4 Å². The van der Waals surface area contributed by atoms with Gasteiger partial charge >= 0.3 is 11.4 Å². The maximum atomic E-state index is 12.0. The smallest absolute Gasteiger partial charge is 0.311 e. The third-order valence-corrected chi connectivity index (χ3v) is 3.42.